The molecular weight excluding hydrogens is 492 g/mol. The van der Waals surface area contributed by atoms with E-state index in [1.807, 2.05) is 18.4 Å². The molecule has 0 aliphatic carbocycles. The Morgan fingerprint density at radius 1 is 0.947 bits per heavy atom. The fourth-order valence-corrected chi connectivity index (χ4v) is 4.22. The summed E-state index contributed by atoms with van der Waals surface area (Å²) in [6.45, 7) is 5.74. The lowest BCUT2D eigenvalue weighted by molar-refractivity contribution is 0.0600. The number of carbonyl (C=O) groups is 1. The molecule has 192 valence electrons. The van der Waals surface area contributed by atoms with E-state index in [4.69, 9.17) is 0 Å². The quantitative estimate of drug-likeness (QED) is 0.289. The van der Waals surface area contributed by atoms with Crippen molar-refractivity contribution < 1.29 is 18.3 Å². The van der Waals surface area contributed by atoms with E-state index in [9.17, 15) is 13.6 Å². The second kappa shape index (κ2) is 9.92. The van der Waals surface area contributed by atoms with Crippen molar-refractivity contribution in [2.24, 2.45) is 0 Å². The van der Waals surface area contributed by atoms with Crippen LogP contribution in [0.3, 0.4) is 0 Å². The number of nitrogens with one attached hydrogen (secondary N) is 1. The van der Waals surface area contributed by atoms with E-state index in [2.05, 4.69) is 35.0 Å². The molecule has 0 aliphatic rings. The lowest BCUT2D eigenvalue weighted by atomic mass is 10.1. The van der Waals surface area contributed by atoms with Crippen molar-refractivity contribution in [1.82, 2.24) is 29.5 Å². The highest BCUT2D eigenvalue weighted by Gasteiger charge is 2.18. The molecule has 0 radical (unpaired) electrons. The number of anilines is 2. The van der Waals surface area contributed by atoms with Gasteiger partial charge in [-0.05, 0) is 57.2 Å². The third-order valence-corrected chi connectivity index (χ3v) is 5.94. The van der Waals surface area contributed by atoms with Crippen LogP contribution >= 0.6 is 0 Å². The molecule has 0 saturated carbocycles. The highest BCUT2D eigenvalue weighted by molar-refractivity contribution is 5.89. The molecule has 5 rings (SSSR count). The summed E-state index contributed by atoms with van der Waals surface area (Å²) < 4.78 is 36.3. The number of pyridine rings is 2. The summed E-state index contributed by atoms with van der Waals surface area (Å²) in [6, 6.07) is 9.71. The van der Waals surface area contributed by atoms with E-state index in [1.54, 1.807) is 43.5 Å². The van der Waals surface area contributed by atoms with Crippen molar-refractivity contribution in [1.29, 1.82) is 0 Å². The zero-order valence-electron chi connectivity index (χ0n) is 21.0. The van der Waals surface area contributed by atoms with Gasteiger partial charge in [0, 0.05) is 29.6 Å². The summed E-state index contributed by atoms with van der Waals surface area (Å²) in [5.41, 5.74) is 2.68. The molecule has 1 aromatic carbocycles. The lowest BCUT2D eigenvalue weighted by Gasteiger charge is -2.12. The predicted octanol–water partition coefficient (Wildman–Crippen LogP) is 5.65. The molecule has 0 unspecified atom stereocenters. The van der Waals surface area contributed by atoms with Gasteiger partial charge in [0.2, 0.25) is 5.95 Å². The zero-order chi connectivity index (χ0) is 27.0. The number of hydrogen-bond acceptors (Lipinski definition) is 8. The fraction of sp³-hybridized carbons (Fsp3) is 0.185. The smallest absolute Gasteiger partial charge is 0.339 e. The molecule has 5 aromatic rings. The van der Waals surface area contributed by atoms with Gasteiger partial charge in [-0.3, -0.25) is 4.98 Å². The number of aryl methyl sites for hydroxylation is 1. The van der Waals surface area contributed by atoms with Crippen LogP contribution < -0.4 is 5.32 Å². The normalized spacial score (nSPS) is 11.2. The molecule has 11 heteroatoms. The number of rotatable bonds is 6. The summed E-state index contributed by atoms with van der Waals surface area (Å²) in [5.74, 6) is -0.544. The molecule has 4 aromatic heterocycles. The number of nitrogens with zero attached hydrogens (tertiary/aromatic N) is 6. The number of hydrogen-bond donors (Lipinski definition) is 1. The topological polar surface area (TPSA) is 108 Å². The van der Waals surface area contributed by atoms with Gasteiger partial charge in [-0.1, -0.05) is 0 Å². The average molecular weight is 516 g/mol. The maximum atomic E-state index is 14.9. The molecule has 0 bridgehead atoms. The van der Waals surface area contributed by atoms with Gasteiger partial charge in [0.05, 0.1) is 30.1 Å². The first-order valence-electron chi connectivity index (χ1n) is 11.7. The molecule has 0 fully saturated rings. The predicted molar refractivity (Wildman–Crippen MR) is 138 cm³/mol. The minimum atomic E-state index is -0.689. The van der Waals surface area contributed by atoms with Crippen LogP contribution in [-0.4, -0.2) is 42.6 Å². The van der Waals surface area contributed by atoms with Gasteiger partial charge in [-0.2, -0.15) is 0 Å². The number of imidazole rings is 1. The molecular formula is C27H23F2N7O2. The number of methoxy groups -OCH3 is 1. The van der Waals surface area contributed by atoms with Gasteiger partial charge < -0.3 is 14.6 Å². The maximum absolute atomic E-state index is 14.9. The van der Waals surface area contributed by atoms with Crippen LogP contribution in [-0.2, 0) is 4.74 Å². The molecule has 38 heavy (non-hydrogen) atoms. The van der Waals surface area contributed by atoms with Gasteiger partial charge in [0.15, 0.2) is 11.6 Å². The first-order chi connectivity index (χ1) is 18.2. The summed E-state index contributed by atoms with van der Waals surface area (Å²) in [7, 11) is 1.31. The van der Waals surface area contributed by atoms with Gasteiger partial charge in [-0.25, -0.2) is 33.5 Å². The van der Waals surface area contributed by atoms with Gasteiger partial charge in [0.25, 0.3) is 0 Å². The zero-order valence-corrected chi connectivity index (χ0v) is 21.0. The summed E-state index contributed by atoms with van der Waals surface area (Å²) in [5, 5.41) is 2.94. The Morgan fingerprint density at radius 3 is 2.42 bits per heavy atom. The Hall–Kier alpha value is -4.80. The molecule has 0 saturated heterocycles. The molecule has 9 nitrogen and oxygen atoms in total. The van der Waals surface area contributed by atoms with Crippen LogP contribution in [0.4, 0.5) is 20.5 Å². The number of benzene rings is 1. The fourth-order valence-electron chi connectivity index (χ4n) is 4.22. The monoisotopic (exact) mass is 515 g/mol. The van der Waals surface area contributed by atoms with Crippen LogP contribution in [0.5, 0.6) is 0 Å². The first kappa shape index (κ1) is 24.9. The largest absolute Gasteiger partial charge is 0.465 e. The molecule has 4 heterocycles. The van der Waals surface area contributed by atoms with E-state index in [0.29, 0.717) is 34.0 Å². The van der Waals surface area contributed by atoms with Crippen molar-refractivity contribution in [3.63, 3.8) is 0 Å². The summed E-state index contributed by atoms with van der Waals surface area (Å²) in [6.07, 6.45) is 4.04. The second-order valence-corrected chi connectivity index (χ2v) is 8.82. The molecule has 0 amide bonds. The Balaban J connectivity index is 1.42. The highest BCUT2D eigenvalue weighted by Crippen LogP contribution is 2.30. The second-order valence-electron chi connectivity index (χ2n) is 8.82. The van der Waals surface area contributed by atoms with Crippen molar-refractivity contribution in [2.45, 2.75) is 26.8 Å². The number of ether oxygens (including phenoxy) is 1. The summed E-state index contributed by atoms with van der Waals surface area (Å²) >= 11 is 0. The summed E-state index contributed by atoms with van der Waals surface area (Å²) in [4.78, 5) is 32.8. The van der Waals surface area contributed by atoms with Crippen LogP contribution in [0.15, 0.2) is 55.0 Å². The average Bonchev–Trinajstić information content (AvgIpc) is 3.26. The molecule has 1 N–H and O–H groups in total. The first-order valence-corrected chi connectivity index (χ1v) is 11.7. The number of esters is 1. The number of fused-ring (bicyclic) bond motifs is 1. The van der Waals surface area contributed by atoms with Gasteiger partial charge in [-0.15, -0.1) is 0 Å². The van der Waals surface area contributed by atoms with Crippen molar-refractivity contribution >= 4 is 28.8 Å². The van der Waals surface area contributed by atoms with Crippen LogP contribution in [0.2, 0.25) is 0 Å². The van der Waals surface area contributed by atoms with E-state index < -0.39 is 17.6 Å². The number of carbonyl (C=O) groups excluding carboxylic acids is 1. The molecule has 0 atom stereocenters. The van der Waals surface area contributed by atoms with Crippen LogP contribution in [0, 0.1) is 18.6 Å². The Morgan fingerprint density at radius 2 is 1.76 bits per heavy atom. The Labute approximate surface area is 216 Å². The minimum absolute atomic E-state index is 0.0390. The SMILES string of the molecule is COC(=O)c1ccc(-c2ccc(Nc3ncc(F)c(-c4cc(F)c5nc(C)n(C(C)C)c5c4)n3)nc2)nc1. The maximum Gasteiger partial charge on any atom is 0.339 e. The molecule has 0 aliphatic heterocycles. The van der Waals surface area contributed by atoms with Gasteiger partial charge >= 0.3 is 5.97 Å². The van der Waals surface area contributed by atoms with Gasteiger partial charge in [0.1, 0.15) is 22.9 Å². The molecule has 0 spiro atoms. The van der Waals surface area contributed by atoms with Crippen molar-refractivity contribution in [3.8, 4) is 22.5 Å². The van der Waals surface area contributed by atoms with Crippen LogP contribution in [0.25, 0.3) is 33.5 Å². The Kier molecular flexibility index (Phi) is 6.50. The van der Waals surface area contributed by atoms with E-state index in [0.717, 1.165) is 6.20 Å². The minimum Gasteiger partial charge on any atom is -0.465 e. The van der Waals surface area contributed by atoms with Crippen molar-refractivity contribution in [3.05, 3.63) is 78.0 Å². The van der Waals surface area contributed by atoms with Crippen LogP contribution in [0.1, 0.15) is 36.1 Å². The van der Waals surface area contributed by atoms with E-state index >= 15 is 0 Å². The van der Waals surface area contributed by atoms with E-state index in [1.165, 1.54) is 19.4 Å². The number of aromatic nitrogens is 6. The van der Waals surface area contributed by atoms with E-state index in [-0.39, 0.29) is 28.8 Å². The number of halogens is 2. The highest BCUT2D eigenvalue weighted by atomic mass is 19.1. The lowest BCUT2D eigenvalue weighted by Crippen LogP contribution is -2.04. The van der Waals surface area contributed by atoms with Crippen molar-refractivity contribution in [2.75, 3.05) is 12.4 Å². The standard InChI is InChI=1S/C27H23F2N7O2/c1-14(2)36-15(3)33-25-19(28)9-18(10-22(25)36)24-20(29)13-32-27(35-24)34-23-8-6-16(11-31-23)21-7-5-17(12-30-21)26(37)38-4/h5-14H,1-4H3,(H,31,32,34,35). The Bertz CT molecular complexity index is 1650. The third kappa shape index (κ3) is 4.65. The third-order valence-electron chi connectivity index (χ3n) is 5.94.